The Kier molecular flexibility index (Phi) is 22.0. The fraction of sp³-hybridized carbons (Fsp3) is 1.00. The van der Waals surface area contributed by atoms with E-state index in [1.165, 1.54) is 128 Å². The van der Waals surface area contributed by atoms with Crippen LogP contribution in [0.4, 0.5) is 0 Å². The average molecular weight is 354 g/mol. The van der Waals surface area contributed by atoms with Gasteiger partial charge in [0.25, 0.3) is 0 Å². The summed E-state index contributed by atoms with van der Waals surface area (Å²) < 4.78 is 0. The van der Waals surface area contributed by atoms with E-state index in [9.17, 15) is 5.11 Å². The Morgan fingerprint density at radius 3 is 1.00 bits per heavy atom. The molecule has 25 heavy (non-hydrogen) atoms. The number of unbranched alkanes of at least 4 members (excludes halogenated alkanes) is 16. The molecule has 1 atom stereocenters. The Morgan fingerprint density at radius 2 is 0.720 bits per heavy atom. The quantitative estimate of drug-likeness (QED) is 0.184. The van der Waals surface area contributed by atoms with E-state index in [-0.39, 0.29) is 6.61 Å². The first-order valence-corrected chi connectivity index (χ1v) is 11.9. The van der Waals surface area contributed by atoms with Crippen molar-refractivity contribution in [2.75, 3.05) is 6.61 Å². The summed E-state index contributed by atoms with van der Waals surface area (Å²) in [6.07, 6.45) is 27.3. The molecule has 0 aliphatic carbocycles. The summed E-state index contributed by atoms with van der Waals surface area (Å²) in [6, 6.07) is 0. The molecular weight excluding hydrogens is 304 g/mol. The highest BCUT2D eigenvalue weighted by molar-refractivity contribution is 4.59. The zero-order valence-electron chi connectivity index (χ0n) is 17.8. The van der Waals surface area contributed by atoms with Crippen LogP contribution in [-0.4, -0.2) is 6.61 Å². The molecule has 0 saturated heterocycles. The van der Waals surface area contributed by atoms with Gasteiger partial charge in [-0.15, -0.1) is 0 Å². The summed E-state index contributed by atoms with van der Waals surface area (Å²) in [5, 5.41) is 11.3. The second-order valence-electron chi connectivity index (χ2n) is 8.27. The van der Waals surface area contributed by atoms with Crippen molar-refractivity contribution in [3.8, 4) is 0 Å². The van der Waals surface area contributed by atoms with Gasteiger partial charge in [-0.2, -0.15) is 0 Å². The van der Waals surface area contributed by atoms with Crippen LogP contribution in [0, 0.1) is 5.92 Å². The van der Waals surface area contributed by atoms with Crippen molar-refractivity contribution in [2.24, 2.45) is 5.92 Å². The van der Waals surface area contributed by atoms with Crippen molar-refractivity contribution < 1.29 is 5.11 Å². The molecule has 1 heteroatoms. The molecular formula is C24H49O. The van der Waals surface area contributed by atoms with Crippen LogP contribution in [0.3, 0.4) is 0 Å². The van der Waals surface area contributed by atoms with E-state index < -0.39 is 0 Å². The van der Waals surface area contributed by atoms with Crippen LogP contribution >= 0.6 is 0 Å². The zero-order chi connectivity index (χ0) is 18.4. The molecule has 0 heterocycles. The van der Waals surface area contributed by atoms with Crippen molar-refractivity contribution in [2.45, 2.75) is 142 Å². The van der Waals surface area contributed by atoms with Crippen molar-refractivity contribution in [3.05, 3.63) is 0 Å². The van der Waals surface area contributed by atoms with Gasteiger partial charge in [-0.05, 0) is 18.8 Å². The lowest BCUT2D eigenvalue weighted by Gasteiger charge is -2.13. The molecule has 1 unspecified atom stereocenters. The molecule has 0 N–H and O–H groups in total. The van der Waals surface area contributed by atoms with Crippen molar-refractivity contribution in [1.82, 2.24) is 0 Å². The summed E-state index contributed by atoms with van der Waals surface area (Å²) in [6.45, 7) is 4.71. The van der Waals surface area contributed by atoms with E-state index in [2.05, 4.69) is 13.8 Å². The number of hydrogen-bond acceptors (Lipinski definition) is 0. The molecule has 0 amide bonds. The lowest BCUT2D eigenvalue weighted by atomic mass is 9.95. The van der Waals surface area contributed by atoms with Crippen molar-refractivity contribution >= 4 is 0 Å². The van der Waals surface area contributed by atoms with Gasteiger partial charge in [-0.1, -0.05) is 129 Å². The third kappa shape index (κ3) is 20.1. The first kappa shape index (κ1) is 25.0. The normalized spacial score (nSPS) is 12.6. The van der Waals surface area contributed by atoms with Gasteiger partial charge >= 0.3 is 0 Å². The maximum Gasteiger partial charge on any atom is 0.0850 e. The minimum Gasteiger partial charge on any atom is -0.236 e. The highest BCUT2D eigenvalue weighted by Crippen LogP contribution is 2.19. The molecule has 0 aliphatic heterocycles. The Hall–Kier alpha value is -0.0400. The Balaban J connectivity index is 3.24. The number of rotatable bonds is 21. The Labute approximate surface area is 160 Å². The maximum atomic E-state index is 11.3. The predicted molar refractivity (Wildman–Crippen MR) is 113 cm³/mol. The summed E-state index contributed by atoms with van der Waals surface area (Å²) >= 11 is 0. The second-order valence-corrected chi connectivity index (χ2v) is 8.27. The summed E-state index contributed by atoms with van der Waals surface area (Å²) in [5.74, 6) is 0.467. The lowest BCUT2D eigenvalue weighted by molar-refractivity contribution is 0.130. The lowest BCUT2D eigenvalue weighted by Crippen LogP contribution is -2.05. The predicted octanol–water partition coefficient (Wildman–Crippen LogP) is 8.87. The van der Waals surface area contributed by atoms with Crippen LogP contribution in [0.25, 0.3) is 0 Å². The van der Waals surface area contributed by atoms with E-state index in [0.717, 1.165) is 0 Å². The highest BCUT2D eigenvalue weighted by Gasteiger charge is 2.07. The zero-order valence-corrected chi connectivity index (χ0v) is 17.8. The first-order chi connectivity index (χ1) is 12.3. The second kappa shape index (κ2) is 22.0. The van der Waals surface area contributed by atoms with E-state index in [1.807, 2.05) is 0 Å². The SMILES string of the molecule is CCCCCCCCCCCCCCC(C[O])CCCCCCCC. The fourth-order valence-corrected chi connectivity index (χ4v) is 3.80. The molecule has 0 bridgehead atoms. The minimum absolute atomic E-state index is 0.160. The van der Waals surface area contributed by atoms with Crippen molar-refractivity contribution in [3.63, 3.8) is 0 Å². The largest absolute Gasteiger partial charge is 0.236 e. The molecule has 1 radical (unpaired) electrons. The molecule has 0 fully saturated rings. The van der Waals surface area contributed by atoms with Crippen LogP contribution in [0.2, 0.25) is 0 Å². The Bertz CT molecular complexity index is 226. The van der Waals surface area contributed by atoms with Crippen LogP contribution in [-0.2, 0) is 5.11 Å². The maximum absolute atomic E-state index is 11.3. The first-order valence-electron chi connectivity index (χ1n) is 11.9. The third-order valence-electron chi connectivity index (χ3n) is 5.67. The van der Waals surface area contributed by atoms with Gasteiger partial charge in [0.15, 0.2) is 0 Å². The van der Waals surface area contributed by atoms with Gasteiger partial charge in [0.2, 0.25) is 0 Å². The summed E-state index contributed by atoms with van der Waals surface area (Å²) in [7, 11) is 0. The van der Waals surface area contributed by atoms with Gasteiger partial charge in [-0.25, -0.2) is 5.11 Å². The van der Waals surface area contributed by atoms with Gasteiger partial charge < -0.3 is 0 Å². The molecule has 0 rings (SSSR count). The van der Waals surface area contributed by atoms with Gasteiger partial charge in [0.05, 0.1) is 6.61 Å². The summed E-state index contributed by atoms with van der Waals surface area (Å²) in [4.78, 5) is 0. The van der Waals surface area contributed by atoms with Gasteiger partial charge in [0, 0.05) is 0 Å². The topological polar surface area (TPSA) is 19.9 Å². The van der Waals surface area contributed by atoms with Crippen LogP contribution in [0.15, 0.2) is 0 Å². The van der Waals surface area contributed by atoms with E-state index in [4.69, 9.17) is 0 Å². The van der Waals surface area contributed by atoms with Crippen LogP contribution in [0.1, 0.15) is 142 Å². The molecule has 0 aromatic heterocycles. The van der Waals surface area contributed by atoms with E-state index >= 15 is 0 Å². The molecule has 151 valence electrons. The molecule has 0 saturated carbocycles. The van der Waals surface area contributed by atoms with Gasteiger partial charge in [0.1, 0.15) is 0 Å². The smallest absolute Gasteiger partial charge is 0.0850 e. The molecule has 0 aromatic rings. The molecule has 0 aliphatic rings. The molecule has 1 nitrogen and oxygen atoms in total. The highest BCUT2D eigenvalue weighted by atomic mass is 16.3. The van der Waals surface area contributed by atoms with Crippen molar-refractivity contribution in [1.29, 1.82) is 0 Å². The third-order valence-corrected chi connectivity index (χ3v) is 5.67. The van der Waals surface area contributed by atoms with E-state index in [0.29, 0.717) is 5.92 Å². The van der Waals surface area contributed by atoms with Crippen LogP contribution < -0.4 is 0 Å². The van der Waals surface area contributed by atoms with Crippen LogP contribution in [0.5, 0.6) is 0 Å². The van der Waals surface area contributed by atoms with Gasteiger partial charge in [-0.3, -0.25) is 0 Å². The molecule has 0 spiro atoms. The number of hydrogen-bond donors (Lipinski definition) is 0. The summed E-state index contributed by atoms with van der Waals surface area (Å²) in [5.41, 5.74) is 0. The minimum atomic E-state index is 0.160. The average Bonchev–Trinajstić information content (AvgIpc) is 2.63. The Morgan fingerprint density at radius 1 is 0.440 bits per heavy atom. The monoisotopic (exact) mass is 353 g/mol. The fourth-order valence-electron chi connectivity index (χ4n) is 3.80. The standard InChI is InChI=1S/C24H49O/c1-3-5-7-9-11-12-13-14-15-16-18-20-22-24(23-25)21-19-17-10-8-6-4-2/h24H,3-23H2,1-2H3. The molecule has 0 aromatic carbocycles. The van der Waals surface area contributed by atoms with E-state index in [1.54, 1.807) is 0 Å².